The van der Waals surface area contributed by atoms with Crippen LogP contribution in [0.25, 0.3) is 0 Å². The van der Waals surface area contributed by atoms with Crippen LogP contribution in [0.5, 0.6) is 11.5 Å². The SMILES string of the molecule is COc1ccc2c(c1)C(=O)CC1(CCNCC1)O2.Cl. The Morgan fingerprint density at radius 3 is 2.74 bits per heavy atom. The molecule has 0 aliphatic carbocycles. The predicted octanol–water partition coefficient (Wildman–Crippen LogP) is 2.20. The largest absolute Gasteiger partial charge is 0.497 e. The van der Waals surface area contributed by atoms with E-state index in [1.807, 2.05) is 12.1 Å². The molecule has 1 N–H and O–H groups in total. The van der Waals surface area contributed by atoms with Gasteiger partial charge in [0.2, 0.25) is 0 Å². The first-order valence-corrected chi connectivity index (χ1v) is 6.33. The van der Waals surface area contributed by atoms with Gasteiger partial charge in [-0.1, -0.05) is 0 Å². The monoisotopic (exact) mass is 283 g/mol. The second-order valence-electron chi connectivity index (χ2n) is 5.00. The number of hydrogen-bond acceptors (Lipinski definition) is 4. The van der Waals surface area contributed by atoms with Crippen LogP contribution in [-0.4, -0.2) is 31.6 Å². The van der Waals surface area contributed by atoms with E-state index in [1.165, 1.54) is 0 Å². The fourth-order valence-corrected chi connectivity index (χ4v) is 2.76. The van der Waals surface area contributed by atoms with Gasteiger partial charge in [0.1, 0.15) is 17.1 Å². The van der Waals surface area contributed by atoms with E-state index in [2.05, 4.69) is 5.32 Å². The molecule has 0 bridgehead atoms. The van der Waals surface area contributed by atoms with Crippen molar-refractivity contribution in [3.05, 3.63) is 23.8 Å². The van der Waals surface area contributed by atoms with Crippen LogP contribution in [0.4, 0.5) is 0 Å². The van der Waals surface area contributed by atoms with E-state index < -0.39 is 0 Å². The summed E-state index contributed by atoms with van der Waals surface area (Å²) in [5, 5.41) is 3.30. The summed E-state index contributed by atoms with van der Waals surface area (Å²) < 4.78 is 11.3. The number of halogens is 1. The van der Waals surface area contributed by atoms with Crippen molar-refractivity contribution >= 4 is 18.2 Å². The van der Waals surface area contributed by atoms with Crippen LogP contribution in [0.2, 0.25) is 0 Å². The van der Waals surface area contributed by atoms with Gasteiger partial charge in [-0.3, -0.25) is 4.79 Å². The van der Waals surface area contributed by atoms with E-state index in [4.69, 9.17) is 9.47 Å². The highest BCUT2D eigenvalue weighted by molar-refractivity contribution is 6.00. The first-order chi connectivity index (χ1) is 8.72. The van der Waals surface area contributed by atoms with Crippen LogP contribution in [0, 0.1) is 0 Å². The Hall–Kier alpha value is -1.26. The first kappa shape index (κ1) is 14.2. The van der Waals surface area contributed by atoms with Crippen molar-refractivity contribution in [2.75, 3.05) is 20.2 Å². The van der Waals surface area contributed by atoms with Crippen LogP contribution in [-0.2, 0) is 0 Å². The molecule has 0 aromatic heterocycles. The molecule has 1 aromatic carbocycles. The number of benzene rings is 1. The van der Waals surface area contributed by atoms with Gasteiger partial charge in [0.15, 0.2) is 5.78 Å². The smallest absolute Gasteiger partial charge is 0.170 e. The molecule has 3 rings (SSSR count). The highest BCUT2D eigenvalue weighted by Crippen LogP contribution is 2.39. The summed E-state index contributed by atoms with van der Waals surface area (Å²) in [6, 6.07) is 5.45. The predicted molar refractivity (Wildman–Crippen MR) is 74.7 cm³/mol. The number of ether oxygens (including phenoxy) is 2. The van der Waals surface area contributed by atoms with Crippen molar-refractivity contribution < 1.29 is 14.3 Å². The van der Waals surface area contributed by atoms with E-state index in [0.717, 1.165) is 25.9 Å². The molecule has 0 amide bonds. The van der Waals surface area contributed by atoms with Crippen LogP contribution >= 0.6 is 12.4 Å². The third-order valence-electron chi connectivity index (χ3n) is 3.81. The zero-order valence-corrected chi connectivity index (χ0v) is 11.7. The lowest BCUT2D eigenvalue weighted by atomic mass is 9.83. The zero-order chi connectivity index (χ0) is 12.6. The molecular weight excluding hydrogens is 266 g/mol. The Kier molecular flexibility index (Phi) is 4.02. The number of carbonyl (C=O) groups excluding carboxylic acids is 1. The fourth-order valence-electron chi connectivity index (χ4n) is 2.76. The molecule has 1 saturated heterocycles. The Labute approximate surface area is 118 Å². The highest BCUT2D eigenvalue weighted by atomic mass is 35.5. The molecule has 4 nitrogen and oxygen atoms in total. The molecular formula is C14H18ClNO3. The molecule has 2 heterocycles. The van der Waals surface area contributed by atoms with Crippen molar-refractivity contribution in [2.24, 2.45) is 0 Å². The third-order valence-corrected chi connectivity index (χ3v) is 3.81. The minimum atomic E-state index is -0.288. The fraction of sp³-hybridized carbons (Fsp3) is 0.500. The molecule has 1 spiro atoms. The first-order valence-electron chi connectivity index (χ1n) is 6.33. The van der Waals surface area contributed by atoms with Gasteiger partial charge in [0, 0.05) is 12.8 Å². The van der Waals surface area contributed by atoms with Crippen molar-refractivity contribution in [1.82, 2.24) is 5.32 Å². The number of fused-ring (bicyclic) bond motifs is 1. The number of carbonyl (C=O) groups is 1. The minimum absolute atomic E-state index is 0. The molecule has 0 radical (unpaired) electrons. The van der Waals surface area contributed by atoms with Gasteiger partial charge < -0.3 is 14.8 Å². The number of Topliss-reactive ketones (excluding diaryl/α,β-unsaturated/α-hetero) is 1. The van der Waals surface area contributed by atoms with Crippen molar-refractivity contribution in [2.45, 2.75) is 24.9 Å². The number of nitrogens with one attached hydrogen (secondary N) is 1. The maximum Gasteiger partial charge on any atom is 0.170 e. The topological polar surface area (TPSA) is 47.6 Å². The molecule has 1 fully saturated rings. The van der Waals surface area contributed by atoms with Crippen LogP contribution < -0.4 is 14.8 Å². The maximum atomic E-state index is 12.3. The molecule has 2 aliphatic rings. The normalized spacial score (nSPS) is 20.2. The summed E-state index contributed by atoms with van der Waals surface area (Å²) in [7, 11) is 1.60. The average Bonchev–Trinajstić information content (AvgIpc) is 2.39. The molecule has 0 saturated carbocycles. The van der Waals surface area contributed by atoms with Gasteiger partial charge >= 0.3 is 0 Å². The summed E-state index contributed by atoms with van der Waals surface area (Å²) in [5.74, 6) is 1.57. The molecule has 0 atom stereocenters. The van der Waals surface area contributed by atoms with Crippen LogP contribution in [0.3, 0.4) is 0 Å². The Morgan fingerprint density at radius 2 is 2.05 bits per heavy atom. The van der Waals surface area contributed by atoms with Gasteiger partial charge in [0.05, 0.1) is 19.1 Å². The van der Waals surface area contributed by atoms with Crippen molar-refractivity contribution in [1.29, 1.82) is 0 Å². The molecule has 19 heavy (non-hydrogen) atoms. The second kappa shape index (κ2) is 5.39. The Balaban J connectivity index is 0.00000133. The lowest BCUT2D eigenvalue weighted by Crippen LogP contribution is -2.49. The van der Waals surface area contributed by atoms with Gasteiger partial charge in [-0.2, -0.15) is 0 Å². The summed E-state index contributed by atoms with van der Waals surface area (Å²) in [6.07, 6.45) is 2.27. The number of piperidine rings is 1. The zero-order valence-electron chi connectivity index (χ0n) is 10.9. The lowest BCUT2D eigenvalue weighted by molar-refractivity contribution is 0.0187. The number of hydrogen-bond donors (Lipinski definition) is 1. The summed E-state index contributed by atoms with van der Waals surface area (Å²) in [4.78, 5) is 12.3. The van der Waals surface area contributed by atoms with Gasteiger partial charge in [-0.15, -0.1) is 12.4 Å². The van der Waals surface area contributed by atoms with Gasteiger partial charge in [0.25, 0.3) is 0 Å². The Bertz CT molecular complexity index is 484. The molecule has 104 valence electrons. The molecule has 2 aliphatic heterocycles. The Morgan fingerprint density at radius 1 is 1.32 bits per heavy atom. The van der Waals surface area contributed by atoms with Crippen molar-refractivity contribution in [3.63, 3.8) is 0 Å². The average molecular weight is 284 g/mol. The maximum absolute atomic E-state index is 12.3. The molecule has 1 aromatic rings. The minimum Gasteiger partial charge on any atom is -0.497 e. The van der Waals surface area contributed by atoms with Gasteiger partial charge in [-0.05, 0) is 31.3 Å². The molecule has 5 heteroatoms. The third kappa shape index (κ3) is 2.55. The summed E-state index contributed by atoms with van der Waals surface area (Å²) >= 11 is 0. The van der Waals surface area contributed by atoms with Crippen molar-refractivity contribution in [3.8, 4) is 11.5 Å². The van der Waals surface area contributed by atoms with E-state index in [9.17, 15) is 4.79 Å². The number of rotatable bonds is 1. The summed E-state index contributed by atoms with van der Waals surface area (Å²) in [5.41, 5.74) is 0.364. The van der Waals surface area contributed by atoms with Crippen LogP contribution in [0.1, 0.15) is 29.6 Å². The van der Waals surface area contributed by atoms with E-state index in [1.54, 1.807) is 13.2 Å². The van der Waals surface area contributed by atoms with Crippen LogP contribution in [0.15, 0.2) is 18.2 Å². The number of ketones is 1. The second-order valence-corrected chi connectivity index (χ2v) is 5.00. The van der Waals surface area contributed by atoms with E-state index >= 15 is 0 Å². The molecule has 0 unspecified atom stereocenters. The highest BCUT2D eigenvalue weighted by Gasteiger charge is 2.41. The quantitative estimate of drug-likeness (QED) is 0.858. The van der Waals surface area contributed by atoms with Gasteiger partial charge in [-0.25, -0.2) is 0 Å². The van der Waals surface area contributed by atoms with E-state index in [-0.39, 0.29) is 23.8 Å². The lowest BCUT2D eigenvalue weighted by Gasteiger charge is -2.40. The number of methoxy groups -OCH3 is 1. The summed E-state index contributed by atoms with van der Waals surface area (Å²) in [6.45, 7) is 1.83. The standard InChI is InChI=1S/C14H17NO3.ClH/c1-17-10-2-3-13-11(8-10)12(16)9-14(18-13)4-6-15-7-5-14;/h2-3,8,15H,4-7,9H2,1H3;1H. The van der Waals surface area contributed by atoms with E-state index in [0.29, 0.717) is 23.5 Å².